The molecule has 0 bridgehead atoms. The molecule has 0 aliphatic carbocycles. The van der Waals surface area contributed by atoms with Gasteiger partial charge in [0, 0.05) is 30.4 Å². The molecule has 2 rings (SSSR count). The Labute approximate surface area is 99.1 Å². The van der Waals surface area contributed by atoms with Crippen LogP contribution in [0.25, 0.3) is 11.4 Å². The Morgan fingerprint density at radius 1 is 1.35 bits per heavy atom. The number of methoxy groups -OCH3 is 1. The molecule has 0 aliphatic rings. The van der Waals surface area contributed by atoms with Crippen molar-refractivity contribution in [2.75, 3.05) is 7.11 Å². The van der Waals surface area contributed by atoms with Crippen LogP contribution in [0.4, 0.5) is 0 Å². The standard InChI is InChI=1S/C12H13N3O2/c1-9(12(16)17-2)15-8-7-14-11(15)10-3-5-13-6-4-10/h3-9H,1-2H3. The van der Waals surface area contributed by atoms with Crippen molar-refractivity contribution in [3.63, 3.8) is 0 Å². The number of pyridine rings is 1. The van der Waals surface area contributed by atoms with Gasteiger partial charge < -0.3 is 9.30 Å². The van der Waals surface area contributed by atoms with Crippen LogP contribution in [0.2, 0.25) is 0 Å². The number of imidazole rings is 1. The number of carbonyl (C=O) groups is 1. The maximum atomic E-state index is 11.5. The Kier molecular flexibility index (Phi) is 3.18. The Morgan fingerprint density at radius 2 is 2.06 bits per heavy atom. The van der Waals surface area contributed by atoms with E-state index in [9.17, 15) is 4.79 Å². The molecule has 0 radical (unpaired) electrons. The number of ether oxygens (including phenoxy) is 1. The van der Waals surface area contributed by atoms with Crippen molar-refractivity contribution in [3.05, 3.63) is 36.9 Å². The second kappa shape index (κ2) is 4.78. The van der Waals surface area contributed by atoms with Gasteiger partial charge in [-0.1, -0.05) is 0 Å². The molecule has 5 nitrogen and oxygen atoms in total. The molecule has 88 valence electrons. The largest absolute Gasteiger partial charge is 0.467 e. The molecule has 0 aliphatic heterocycles. The second-order valence-corrected chi connectivity index (χ2v) is 3.59. The number of hydrogen-bond acceptors (Lipinski definition) is 4. The first-order chi connectivity index (χ1) is 8.24. The molecule has 0 spiro atoms. The van der Waals surface area contributed by atoms with Crippen LogP contribution < -0.4 is 0 Å². The Bertz CT molecular complexity index is 507. The van der Waals surface area contributed by atoms with Gasteiger partial charge in [0.05, 0.1) is 7.11 Å². The van der Waals surface area contributed by atoms with E-state index < -0.39 is 6.04 Å². The molecule has 1 atom stereocenters. The first-order valence-electron chi connectivity index (χ1n) is 5.25. The third-order valence-electron chi connectivity index (χ3n) is 2.57. The van der Waals surface area contributed by atoms with Gasteiger partial charge in [0.2, 0.25) is 0 Å². The molecule has 0 aromatic carbocycles. The van der Waals surface area contributed by atoms with Crippen LogP contribution in [0.15, 0.2) is 36.9 Å². The average molecular weight is 231 g/mol. The summed E-state index contributed by atoms with van der Waals surface area (Å²) in [5.74, 6) is 0.434. The highest BCUT2D eigenvalue weighted by molar-refractivity contribution is 5.74. The minimum Gasteiger partial charge on any atom is -0.467 e. The highest BCUT2D eigenvalue weighted by Crippen LogP contribution is 2.20. The van der Waals surface area contributed by atoms with E-state index in [1.165, 1.54) is 7.11 Å². The van der Waals surface area contributed by atoms with Crippen LogP contribution in [-0.4, -0.2) is 27.6 Å². The van der Waals surface area contributed by atoms with Gasteiger partial charge in [-0.2, -0.15) is 0 Å². The summed E-state index contributed by atoms with van der Waals surface area (Å²) in [6.07, 6.45) is 6.81. The Hall–Kier alpha value is -2.17. The molecule has 5 heteroatoms. The second-order valence-electron chi connectivity index (χ2n) is 3.59. The van der Waals surface area contributed by atoms with Crippen LogP contribution in [-0.2, 0) is 9.53 Å². The maximum Gasteiger partial charge on any atom is 0.328 e. The summed E-state index contributed by atoms with van der Waals surface area (Å²) >= 11 is 0. The maximum absolute atomic E-state index is 11.5. The first kappa shape index (κ1) is 11.3. The van der Waals surface area contributed by atoms with E-state index in [0.29, 0.717) is 0 Å². The molecule has 0 N–H and O–H groups in total. The van der Waals surface area contributed by atoms with Crippen LogP contribution in [0.3, 0.4) is 0 Å². The minimum absolute atomic E-state index is 0.293. The van der Waals surface area contributed by atoms with Crippen molar-refractivity contribution in [3.8, 4) is 11.4 Å². The Morgan fingerprint density at radius 3 is 2.71 bits per heavy atom. The molecular weight excluding hydrogens is 218 g/mol. The predicted molar refractivity (Wildman–Crippen MR) is 62.2 cm³/mol. The van der Waals surface area contributed by atoms with Crippen LogP contribution in [0.1, 0.15) is 13.0 Å². The van der Waals surface area contributed by atoms with Crippen molar-refractivity contribution >= 4 is 5.97 Å². The summed E-state index contributed by atoms with van der Waals surface area (Å²) in [4.78, 5) is 19.7. The zero-order chi connectivity index (χ0) is 12.3. The van der Waals surface area contributed by atoms with E-state index in [1.807, 2.05) is 12.1 Å². The van der Waals surface area contributed by atoms with Crippen molar-refractivity contribution < 1.29 is 9.53 Å². The van der Waals surface area contributed by atoms with Crippen LogP contribution >= 0.6 is 0 Å². The van der Waals surface area contributed by atoms with E-state index in [1.54, 1.807) is 36.3 Å². The molecule has 1 unspecified atom stereocenters. The lowest BCUT2D eigenvalue weighted by Gasteiger charge is -2.13. The quantitative estimate of drug-likeness (QED) is 0.754. The van der Waals surface area contributed by atoms with E-state index in [0.717, 1.165) is 11.4 Å². The highest BCUT2D eigenvalue weighted by atomic mass is 16.5. The molecule has 2 aromatic rings. The predicted octanol–water partition coefficient (Wildman–Crippen LogP) is 1.68. The van der Waals surface area contributed by atoms with Crippen LogP contribution in [0.5, 0.6) is 0 Å². The lowest BCUT2D eigenvalue weighted by molar-refractivity contribution is -0.143. The fourth-order valence-corrected chi connectivity index (χ4v) is 1.63. The van der Waals surface area contributed by atoms with Gasteiger partial charge in [-0.15, -0.1) is 0 Å². The summed E-state index contributed by atoms with van der Waals surface area (Å²) < 4.78 is 6.51. The molecular formula is C12H13N3O2. The third-order valence-corrected chi connectivity index (χ3v) is 2.57. The van der Waals surface area contributed by atoms with Gasteiger partial charge in [0.1, 0.15) is 11.9 Å². The third kappa shape index (κ3) is 2.18. The summed E-state index contributed by atoms with van der Waals surface area (Å²) in [5, 5.41) is 0. The fourth-order valence-electron chi connectivity index (χ4n) is 1.63. The normalized spacial score (nSPS) is 12.1. The van der Waals surface area contributed by atoms with Gasteiger partial charge in [-0.25, -0.2) is 9.78 Å². The van der Waals surface area contributed by atoms with Crippen molar-refractivity contribution in [2.24, 2.45) is 0 Å². The van der Waals surface area contributed by atoms with Crippen LogP contribution in [0, 0.1) is 0 Å². The molecule has 17 heavy (non-hydrogen) atoms. The van der Waals surface area contributed by atoms with E-state index in [4.69, 9.17) is 4.74 Å². The number of nitrogens with zero attached hydrogens (tertiary/aromatic N) is 3. The monoisotopic (exact) mass is 231 g/mol. The lowest BCUT2D eigenvalue weighted by Crippen LogP contribution is -2.18. The molecule has 2 heterocycles. The molecule has 0 fully saturated rings. The minimum atomic E-state index is -0.398. The first-order valence-corrected chi connectivity index (χ1v) is 5.25. The zero-order valence-corrected chi connectivity index (χ0v) is 9.70. The average Bonchev–Trinajstić information content (AvgIpc) is 2.87. The zero-order valence-electron chi connectivity index (χ0n) is 9.70. The number of carbonyl (C=O) groups excluding carboxylic acids is 1. The number of hydrogen-bond donors (Lipinski definition) is 0. The summed E-state index contributed by atoms with van der Waals surface area (Å²) in [7, 11) is 1.38. The molecule has 2 aromatic heterocycles. The van der Waals surface area contributed by atoms with Crippen molar-refractivity contribution in [1.29, 1.82) is 0 Å². The highest BCUT2D eigenvalue weighted by Gasteiger charge is 2.18. The van der Waals surface area contributed by atoms with Gasteiger partial charge in [0.15, 0.2) is 0 Å². The van der Waals surface area contributed by atoms with Crippen molar-refractivity contribution in [1.82, 2.24) is 14.5 Å². The summed E-state index contributed by atoms with van der Waals surface area (Å²) in [6, 6.07) is 3.30. The molecule has 0 saturated carbocycles. The summed E-state index contributed by atoms with van der Waals surface area (Å²) in [6.45, 7) is 1.78. The van der Waals surface area contributed by atoms with Crippen molar-refractivity contribution in [2.45, 2.75) is 13.0 Å². The van der Waals surface area contributed by atoms with E-state index in [-0.39, 0.29) is 5.97 Å². The number of esters is 1. The lowest BCUT2D eigenvalue weighted by atomic mass is 10.2. The SMILES string of the molecule is COC(=O)C(C)n1ccnc1-c1ccncc1. The molecule has 0 amide bonds. The molecule has 0 saturated heterocycles. The smallest absolute Gasteiger partial charge is 0.328 e. The van der Waals surface area contributed by atoms with Gasteiger partial charge in [0.25, 0.3) is 0 Å². The van der Waals surface area contributed by atoms with Gasteiger partial charge >= 0.3 is 5.97 Å². The van der Waals surface area contributed by atoms with Gasteiger partial charge in [-0.05, 0) is 19.1 Å². The number of rotatable bonds is 3. The van der Waals surface area contributed by atoms with E-state index in [2.05, 4.69) is 9.97 Å². The van der Waals surface area contributed by atoms with Gasteiger partial charge in [-0.3, -0.25) is 4.98 Å². The topological polar surface area (TPSA) is 57.0 Å². The fraction of sp³-hybridized carbons (Fsp3) is 0.250. The number of aromatic nitrogens is 3. The van der Waals surface area contributed by atoms with E-state index >= 15 is 0 Å². The summed E-state index contributed by atoms with van der Waals surface area (Å²) in [5.41, 5.74) is 0.917. The Balaban J connectivity index is 2.39.